The van der Waals surface area contributed by atoms with Crippen molar-refractivity contribution in [3.05, 3.63) is 47.5 Å². The summed E-state index contributed by atoms with van der Waals surface area (Å²) in [7, 11) is -1.78. The third-order valence-electron chi connectivity index (χ3n) is 6.10. The summed E-state index contributed by atoms with van der Waals surface area (Å²) in [6.07, 6.45) is 0.755. The maximum atomic E-state index is 13.2. The maximum absolute atomic E-state index is 13.2. The quantitative estimate of drug-likeness (QED) is 0.664. The second-order valence-electron chi connectivity index (χ2n) is 8.59. The molecule has 8 nitrogen and oxygen atoms in total. The van der Waals surface area contributed by atoms with Crippen LogP contribution in [0.25, 0.3) is 0 Å². The van der Waals surface area contributed by atoms with Gasteiger partial charge in [-0.1, -0.05) is 12.1 Å². The fourth-order valence-corrected chi connectivity index (χ4v) is 5.59. The van der Waals surface area contributed by atoms with E-state index in [0.29, 0.717) is 37.8 Å². The van der Waals surface area contributed by atoms with Gasteiger partial charge in [0.15, 0.2) is 11.5 Å². The van der Waals surface area contributed by atoms with E-state index in [1.54, 1.807) is 17.0 Å². The molecule has 0 saturated carbocycles. The zero-order valence-electron chi connectivity index (χ0n) is 19.4. The molecule has 0 atom stereocenters. The third-order valence-corrected chi connectivity index (χ3v) is 7.99. The number of carbonyl (C=O) groups excluding carboxylic acids is 1. The number of amides is 1. The molecule has 4 rings (SSSR count). The van der Waals surface area contributed by atoms with Gasteiger partial charge in [-0.2, -0.15) is 4.31 Å². The first-order valence-electron chi connectivity index (χ1n) is 11.2. The summed E-state index contributed by atoms with van der Waals surface area (Å²) in [4.78, 5) is 16.8. The van der Waals surface area contributed by atoms with Gasteiger partial charge in [0.05, 0.1) is 24.7 Å². The average Bonchev–Trinajstić information content (AvgIpc) is 3.05. The van der Waals surface area contributed by atoms with Crippen molar-refractivity contribution < 1.29 is 22.7 Å². The molecule has 2 aliphatic heterocycles. The molecule has 0 unspecified atom stereocenters. The summed E-state index contributed by atoms with van der Waals surface area (Å²) in [5.41, 5.74) is 3.28. The Bertz CT molecular complexity index is 1130. The monoisotopic (exact) mass is 473 g/mol. The molecule has 9 heteroatoms. The number of anilines is 1. The lowest BCUT2D eigenvalue weighted by Gasteiger charge is -2.35. The smallest absolute Gasteiger partial charge is 0.243 e. The van der Waals surface area contributed by atoms with E-state index in [1.807, 2.05) is 25.8 Å². The topological polar surface area (TPSA) is 79.4 Å². The molecule has 0 bridgehead atoms. The molecular formula is C24H31N3O5S. The van der Waals surface area contributed by atoms with Crippen LogP contribution in [0.3, 0.4) is 0 Å². The van der Waals surface area contributed by atoms with E-state index in [2.05, 4.69) is 18.2 Å². The Balaban J connectivity index is 1.38. The number of fused-ring (bicyclic) bond motifs is 1. The van der Waals surface area contributed by atoms with Crippen LogP contribution in [0, 0.1) is 13.8 Å². The second-order valence-corrected chi connectivity index (χ2v) is 10.5. The maximum Gasteiger partial charge on any atom is 0.243 e. The lowest BCUT2D eigenvalue weighted by molar-refractivity contribution is -0.130. The average molecular weight is 474 g/mol. The van der Waals surface area contributed by atoms with Crippen molar-refractivity contribution in [2.45, 2.75) is 25.2 Å². The fraction of sp³-hybridized carbons (Fsp3) is 0.458. The number of carbonyl (C=O) groups is 1. The Morgan fingerprint density at radius 3 is 2.39 bits per heavy atom. The highest BCUT2D eigenvalue weighted by Crippen LogP contribution is 2.33. The number of aryl methyl sites for hydroxylation is 2. The van der Waals surface area contributed by atoms with Crippen LogP contribution in [-0.4, -0.2) is 76.5 Å². The second kappa shape index (κ2) is 9.61. The van der Waals surface area contributed by atoms with Crippen LogP contribution in [-0.2, 0) is 14.8 Å². The molecule has 0 radical (unpaired) electrons. The minimum Gasteiger partial charge on any atom is -0.490 e. The highest BCUT2D eigenvalue weighted by atomic mass is 32.2. The van der Waals surface area contributed by atoms with Crippen LogP contribution in [0.15, 0.2) is 41.3 Å². The van der Waals surface area contributed by atoms with Gasteiger partial charge in [-0.25, -0.2) is 8.42 Å². The molecule has 2 heterocycles. The standard InChI is InChI=1S/C24H31N3O5S/c1-18-5-6-19(2)21(15-18)25(3)17-24(28)26-9-11-27(12-10-26)33(29,30)20-7-8-22-23(16-20)32-14-4-13-31-22/h5-8,15-16H,4,9-14,17H2,1-3H3. The molecule has 2 aromatic carbocycles. The minimum atomic E-state index is -3.68. The number of hydrogen-bond donors (Lipinski definition) is 0. The summed E-state index contributed by atoms with van der Waals surface area (Å²) in [5, 5.41) is 0. The Morgan fingerprint density at radius 1 is 0.970 bits per heavy atom. The summed E-state index contributed by atoms with van der Waals surface area (Å²) in [6.45, 7) is 6.60. The molecule has 33 heavy (non-hydrogen) atoms. The summed E-state index contributed by atoms with van der Waals surface area (Å²) >= 11 is 0. The van der Waals surface area contributed by atoms with Gasteiger partial charge in [-0.3, -0.25) is 4.79 Å². The number of ether oxygens (including phenoxy) is 2. The van der Waals surface area contributed by atoms with Crippen molar-refractivity contribution in [3.8, 4) is 11.5 Å². The van der Waals surface area contributed by atoms with Crippen LogP contribution < -0.4 is 14.4 Å². The van der Waals surface area contributed by atoms with Gasteiger partial charge in [-0.15, -0.1) is 0 Å². The number of likely N-dealkylation sites (N-methyl/N-ethyl adjacent to an activating group) is 1. The lowest BCUT2D eigenvalue weighted by Crippen LogP contribution is -2.52. The predicted octanol–water partition coefficient (Wildman–Crippen LogP) is 2.43. The van der Waals surface area contributed by atoms with Crippen molar-refractivity contribution in [2.24, 2.45) is 0 Å². The molecule has 0 aromatic heterocycles. The summed E-state index contributed by atoms with van der Waals surface area (Å²) in [5.74, 6) is 1.01. The highest BCUT2D eigenvalue weighted by Gasteiger charge is 2.31. The number of nitrogens with zero attached hydrogens (tertiary/aromatic N) is 3. The first-order valence-corrected chi connectivity index (χ1v) is 12.7. The molecule has 178 valence electrons. The van der Waals surface area contributed by atoms with Crippen molar-refractivity contribution >= 4 is 21.6 Å². The van der Waals surface area contributed by atoms with E-state index in [-0.39, 0.29) is 30.4 Å². The number of benzene rings is 2. The van der Waals surface area contributed by atoms with Crippen LogP contribution in [0.2, 0.25) is 0 Å². The molecular weight excluding hydrogens is 442 g/mol. The molecule has 0 spiro atoms. The zero-order chi connectivity index (χ0) is 23.6. The summed E-state index contributed by atoms with van der Waals surface area (Å²) < 4.78 is 39.0. The van der Waals surface area contributed by atoms with E-state index in [9.17, 15) is 13.2 Å². The Kier molecular flexibility index (Phi) is 6.81. The van der Waals surface area contributed by atoms with E-state index in [4.69, 9.17) is 9.47 Å². The van der Waals surface area contributed by atoms with E-state index in [1.165, 1.54) is 10.4 Å². The first kappa shape index (κ1) is 23.4. The molecule has 2 aromatic rings. The highest BCUT2D eigenvalue weighted by molar-refractivity contribution is 7.89. The van der Waals surface area contributed by atoms with Crippen LogP contribution >= 0.6 is 0 Å². The molecule has 1 fully saturated rings. The molecule has 1 saturated heterocycles. The van der Waals surface area contributed by atoms with Crippen LogP contribution in [0.4, 0.5) is 5.69 Å². The first-order chi connectivity index (χ1) is 15.8. The molecule has 0 aliphatic carbocycles. The summed E-state index contributed by atoms with van der Waals surface area (Å²) in [6, 6.07) is 10.9. The fourth-order valence-electron chi connectivity index (χ4n) is 4.15. The lowest BCUT2D eigenvalue weighted by atomic mass is 10.1. The largest absolute Gasteiger partial charge is 0.490 e. The van der Waals surface area contributed by atoms with Gasteiger partial charge in [0.25, 0.3) is 0 Å². The van der Waals surface area contributed by atoms with Gasteiger partial charge in [0.1, 0.15) is 0 Å². The number of rotatable bonds is 5. The normalized spacial score (nSPS) is 16.9. The SMILES string of the molecule is Cc1ccc(C)c(N(C)CC(=O)N2CCN(S(=O)(=O)c3ccc4c(c3)OCCCO4)CC2)c1. The zero-order valence-corrected chi connectivity index (χ0v) is 20.2. The third kappa shape index (κ3) is 5.09. The Morgan fingerprint density at radius 2 is 1.67 bits per heavy atom. The number of sulfonamides is 1. The minimum absolute atomic E-state index is 0.00830. The van der Waals surface area contributed by atoms with Crippen molar-refractivity contribution in [3.63, 3.8) is 0 Å². The van der Waals surface area contributed by atoms with E-state index < -0.39 is 10.0 Å². The molecule has 2 aliphatic rings. The van der Waals surface area contributed by atoms with Gasteiger partial charge >= 0.3 is 0 Å². The molecule has 0 N–H and O–H groups in total. The van der Waals surface area contributed by atoms with Crippen LogP contribution in [0.1, 0.15) is 17.5 Å². The van der Waals surface area contributed by atoms with Crippen molar-refractivity contribution in [1.29, 1.82) is 0 Å². The van der Waals surface area contributed by atoms with Gasteiger partial charge in [0, 0.05) is 51.4 Å². The van der Waals surface area contributed by atoms with E-state index >= 15 is 0 Å². The molecule has 1 amide bonds. The predicted molar refractivity (Wildman–Crippen MR) is 127 cm³/mol. The van der Waals surface area contributed by atoms with Gasteiger partial charge in [-0.05, 0) is 43.2 Å². The Hall–Kier alpha value is -2.78. The van der Waals surface area contributed by atoms with Crippen LogP contribution in [0.5, 0.6) is 11.5 Å². The van der Waals surface area contributed by atoms with Gasteiger partial charge in [0.2, 0.25) is 15.9 Å². The number of hydrogen-bond acceptors (Lipinski definition) is 6. The van der Waals surface area contributed by atoms with Crippen molar-refractivity contribution in [2.75, 3.05) is 57.9 Å². The number of piperazine rings is 1. The Labute approximate surface area is 195 Å². The van der Waals surface area contributed by atoms with Gasteiger partial charge < -0.3 is 19.3 Å². The van der Waals surface area contributed by atoms with E-state index in [0.717, 1.165) is 23.2 Å². The van der Waals surface area contributed by atoms with Crippen molar-refractivity contribution in [1.82, 2.24) is 9.21 Å².